The summed E-state index contributed by atoms with van der Waals surface area (Å²) in [6, 6.07) is 8.18. The van der Waals surface area contributed by atoms with Gasteiger partial charge in [0.2, 0.25) is 0 Å². The fraction of sp³-hybridized carbons (Fsp3) is 0.0769. The van der Waals surface area contributed by atoms with Crippen molar-refractivity contribution in [1.82, 2.24) is 9.97 Å². The first-order valence-electron chi connectivity index (χ1n) is 5.45. The highest BCUT2D eigenvalue weighted by Gasteiger charge is 2.05. The standard InChI is InChI=1S/C13H10BrN3S/c1-8-6-9(2-3-11(8)14)17-12-10-4-5-18-13(10)16-7-15-12/h2-7H,1H3,(H,15,16,17). The molecule has 3 rings (SSSR count). The molecule has 2 aromatic heterocycles. The number of hydrogen-bond acceptors (Lipinski definition) is 4. The molecule has 0 amide bonds. The van der Waals surface area contributed by atoms with Crippen LogP contribution in [0, 0.1) is 6.92 Å². The fourth-order valence-corrected chi connectivity index (χ4v) is 2.73. The highest BCUT2D eigenvalue weighted by Crippen LogP contribution is 2.27. The fourth-order valence-electron chi connectivity index (χ4n) is 1.75. The molecule has 3 nitrogen and oxygen atoms in total. The number of anilines is 2. The Balaban J connectivity index is 2.01. The summed E-state index contributed by atoms with van der Waals surface area (Å²) in [7, 11) is 0. The molecule has 2 heterocycles. The zero-order chi connectivity index (χ0) is 12.5. The van der Waals surface area contributed by atoms with Crippen LogP contribution in [-0.2, 0) is 0 Å². The summed E-state index contributed by atoms with van der Waals surface area (Å²) in [5, 5.41) is 6.42. The van der Waals surface area contributed by atoms with E-state index in [2.05, 4.69) is 44.2 Å². The van der Waals surface area contributed by atoms with Gasteiger partial charge in [-0.05, 0) is 42.1 Å². The number of nitrogens with one attached hydrogen (secondary N) is 1. The first kappa shape index (κ1) is 11.6. The van der Waals surface area contributed by atoms with E-state index in [1.165, 1.54) is 5.56 Å². The number of rotatable bonds is 2. The zero-order valence-electron chi connectivity index (χ0n) is 9.64. The molecule has 0 aliphatic rings. The van der Waals surface area contributed by atoms with Crippen molar-refractivity contribution in [2.24, 2.45) is 0 Å². The summed E-state index contributed by atoms with van der Waals surface area (Å²) in [5.41, 5.74) is 2.22. The Hall–Kier alpha value is -1.46. The summed E-state index contributed by atoms with van der Waals surface area (Å²) >= 11 is 5.12. The van der Waals surface area contributed by atoms with Crippen LogP contribution in [0.3, 0.4) is 0 Å². The van der Waals surface area contributed by atoms with Gasteiger partial charge in [0.15, 0.2) is 0 Å². The van der Waals surface area contributed by atoms with Gasteiger partial charge >= 0.3 is 0 Å². The number of aromatic nitrogens is 2. The van der Waals surface area contributed by atoms with E-state index in [9.17, 15) is 0 Å². The SMILES string of the molecule is Cc1cc(Nc2ncnc3sccc23)ccc1Br. The first-order valence-corrected chi connectivity index (χ1v) is 7.13. The Bertz CT molecular complexity index is 708. The molecule has 0 unspecified atom stereocenters. The molecule has 0 fully saturated rings. The Morgan fingerprint density at radius 1 is 1.22 bits per heavy atom. The third-order valence-electron chi connectivity index (χ3n) is 2.68. The van der Waals surface area contributed by atoms with Gasteiger partial charge in [0, 0.05) is 10.2 Å². The van der Waals surface area contributed by atoms with Gasteiger partial charge in [0.1, 0.15) is 17.0 Å². The van der Waals surface area contributed by atoms with Crippen molar-refractivity contribution in [2.75, 3.05) is 5.32 Å². The molecule has 1 aromatic carbocycles. The van der Waals surface area contributed by atoms with E-state index in [1.54, 1.807) is 17.7 Å². The summed E-state index contributed by atoms with van der Waals surface area (Å²) in [6.07, 6.45) is 1.59. The van der Waals surface area contributed by atoms with Crippen molar-refractivity contribution in [3.63, 3.8) is 0 Å². The Morgan fingerprint density at radius 2 is 2.11 bits per heavy atom. The Kier molecular flexibility index (Phi) is 3.01. The second kappa shape index (κ2) is 4.66. The second-order valence-corrected chi connectivity index (χ2v) is 5.70. The maximum absolute atomic E-state index is 4.30. The molecule has 0 radical (unpaired) electrons. The van der Waals surface area contributed by atoms with Crippen LogP contribution in [0.15, 0.2) is 40.4 Å². The molecule has 0 atom stereocenters. The molecule has 0 bridgehead atoms. The molecular weight excluding hydrogens is 310 g/mol. The highest BCUT2D eigenvalue weighted by molar-refractivity contribution is 9.10. The van der Waals surface area contributed by atoms with Crippen molar-refractivity contribution < 1.29 is 0 Å². The van der Waals surface area contributed by atoms with E-state index in [-0.39, 0.29) is 0 Å². The van der Waals surface area contributed by atoms with Crippen LogP contribution in [0.5, 0.6) is 0 Å². The van der Waals surface area contributed by atoms with E-state index >= 15 is 0 Å². The molecule has 90 valence electrons. The molecular formula is C13H10BrN3S. The van der Waals surface area contributed by atoms with Gasteiger partial charge in [-0.3, -0.25) is 0 Å². The molecule has 18 heavy (non-hydrogen) atoms. The normalized spacial score (nSPS) is 10.8. The maximum Gasteiger partial charge on any atom is 0.142 e. The molecule has 0 saturated heterocycles. The molecule has 0 aliphatic heterocycles. The molecule has 3 aromatic rings. The average molecular weight is 320 g/mol. The van der Waals surface area contributed by atoms with Crippen molar-refractivity contribution in [3.05, 3.63) is 46.0 Å². The van der Waals surface area contributed by atoms with Gasteiger partial charge in [-0.1, -0.05) is 15.9 Å². The minimum absolute atomic E-state index is 0.850. The predicted molar refractivity (Wildman–Crippen MR) is 79.6 cm³/mol. The van der Waals surface area contributed by atoms with Gasteiger partial charge in [-0.2, -0.15) is 0 Å². The minimum atomic E-state index is 0.850. The Morgan fingerprint density at radius 3 is 2.94 bits per heavy atom. The van der Waals surface area contributed by atoms with Gasteiger partial charge in [0.25, 0.3) is 0 Å². The number of thiophene rings is 1. The largest absolute Gasteiger partial charge is 0.340 e. The van der Waals surface area contributed by atoms with Crippen LogP contribution < -0.4 is 5.32 Å². The van der Waals surface area contributed by atoms with Crippen molar-refractivity contribution >= 4 is 49.0 Å². The lowest BCUT2D eigenvalue weighted by Crippen LogP contribution is -1.95. The monoisotopic (exact) mass is 319 g/mol. The van der Waals surface area contributed by atoms with Crippen LogP contribution in [0.25, 0.3) is 10.2 Å². The number of hydrogen-bond donors (Lipinski definition) is 1. The molecule has 1 N–H and O–H groups in total. The molecule has 0 aliphatic carbocycles. The van der Waals surface area contributed by atoms with Gasteiger partial charge in [0.05, 0.1) is 5.39 Å². The lowest BCUT2D eigenvalue weighted by atomic mass is 10.2. The van der Waals surface area contributed by atoms with Crippen molar-refractivity contribution in [2.45, 2.75) is 6.92 Å². The Labute approximate surface area is 117 Å². The van der Waals surface area contributed by atoms with Crippen LogP contribution in [0.4, 0.5) is 11.5 Å². The average Bonchev–Trinajstić information content (AvgIpc) is 2.83. The van der Waals surface area contributed by atoms with Crippen LogP contribution in [0.1, 0.15) is 5.56 Å². The molecule has 0 saturated carbocycles. The smallest absolute Gasteiger partial charge is 0.142 e. The number of benzene rings is 1. The third-order valence-corrected chi connectivity index (χ3v) is 4.39. The quantitative estimate of drug-likeness (QED) is 0.755. The van der Waals surface area contributed by atoms with Crippen LogP contribution >= 0.6 is 27.3 Å². The summed E-state index contributed by atoms with van der Waals surface area (Å²) in [6.45, 7) is 2.06. The predicted octanol–water partition coefficient (Wildman–Crippen LogP) is 4.51. The van der Waals surface area contributed by atoms with Crippen LogP contribution in [0.2, 0.25) is 0 Å². The van der Waals surface area contributed by atoms with E-state index in [4.69, 9.17) is 0 Å². The van der Waals surface area contributed by atoms with Crippen molar-refractivity contribution in [1.29, 1.82) is 0 Å². The van der Waals surface area contributed by atoms with E-state index < -0.39 is 0 Å². The number of aryl methyl sites for hydroxylation is 1. The van der Waals surface area contributed by atoms with Gasteiger partial charge in [-0.25, -0.2) is 9.97 Å². The zero-order valence-corrected chi connectivity index (χ0v) is 12.0. The van der Waals surface area contributed by atoms with E-state index in [1.807, 2.05) is 23.6 Å². The summed E-state index contributed by atoms with van der Waals surface area (Å²) in [4.78, 5) is 9.54. The topological polar surface area (TPSA) is 37.8 Å². The lowest BCUT2D eigenvalue weighted by molar-refractivity contribution is 1.23. The summed E-state index contributed by atoms with van der Waals surface area (Å²) in [5.74, 6) is 0.850. The number of fused-ring (bicyclic) bond motifs is 1. The molecule has 0 spiro atoms. The van der Waals surface area contributed by atoms with Crippen molar-refractivity contribution in [3.8, 4) is 0 Å². The summed E-state index contributed by atoms with van der Waals surface area (Å²) < 4.78 is 1.11. The van der Waals surface area contributed by atoms with E-state index in [0.29, 0.717) is 0 Å². The molecule has 5 heteroatoms. The lowest BCUT2D eigenvalue weighted by Gasteiger charge is -2.08. The second-order valence-electron chi connectivity index (χ2n) is 3.95. The number of halogens is 1. The van der Waals surface area contributed by atoms with Crippen LogP contribution in [-0.4, -0.2) is 9.97 Å². The van der Waals surface area contributed by atoms with Gasteiger partial charge in [-0.15, -0.1) is 11.3 Å². The third kappa shape index (κ3) is 2.11. The van der Waals surface area contributed by atoms with E-state index in [0.717, 1.165) is 26.2 Å². The van der Waals surface area contributed by atoms with Gasteiger partial charge < -0.3 is 5.32 Å². The first-order chi connectivity index (χ1) is 8.74. The maximum atomic E-state index is 4.30. The minimum Gasteiger partial charge on any atom is -0.340 e. The highest BCUT2D eigenvalue weighted by atomic mass is 79.9. The number of nitrogens with zero attached hydrogens (tertiary/aromatic N) is 2.